The summed E-state index contributed by atoms with van der Waals surface area (Å²) in [6.07, 6.45) is 3.17. The molecule has 19 heavy (non-hydrogen) atoms. The van der Waals surface area contributed by atoms with E-state index in [0.717, 1.165) is 11.1 Å². The molecule has 0 aliphatic heterocycles. The molecule has 3 rings (SSSR count). The number of nitrogens with zero attached hydrogens (tertiary/aromatic N) is 2. The van der Waals surface area contributed by atoms with E-state index < -0.39 is 0 Å². The van der Waals surface area contributed by atoms with Gasteiger partial charge in [-0.3, -0.25) is 4.79 Å². The summed E-state index contributed by atoms with van der Waals surface area (Å²) in [5.41, 5.74) is 3.67. The summed E-state index contributed by atoms with van der Waals surface area (Å²) < 4.78 is 0. The average Bonchev–Trinajstić information content (AvgIpc) is 2.86. The first-order valence-electron chi connectivity index (χ1n) is 5.90. The Balaban J connectivity index is 1.88. The SMILES string of the molecule is Cc1ccccc1C(=O)Nc1cnc2nc[nH]c2c1. The van der Waals surface area contributed by atoms with Gasteiger partial charge in [0.15, 0.2) is 5.65 Å². The number of aromatic amines is 1. The predicted molar refractivity (Wildman–Crippen MR) is 73.0 cm³/mol. The van der Waals surface area contributed by atoms with Crippen molar-refractivity contribution in [1.82, 2.24) is 15.0 Å². The molecule has 1 amide bonds. The lowest BCUT2D eigenvalue weighted by Crippen LogP contribution is -2.13. The summed E-state index contributed by atoms with van der Waals surface area (Å²) in [7, 11) is 0. The highest BCUT2D eigenvalue weighted by Crippen LogP contribution is 2.15. The van der Waals surface area contributed by atoms with E-state index in [1.54, 1.807) is 18.6 Å². The van der Waals surface area contributed by atoms with Crippen LogP contribution in [0.3, 0.4) is 0 Å². The minimum absolute atomic E-state index is 0.140. The van der Waals surface area contributed by atoms with Crippen molar-refractivity contribution in [3.63, 3.8) is 0 Å². The third kappa shape index (κ3) is 2.18. The van der Waals surface area contributed by atoms with Crippen LogP contribution in [0.25, 0.3) is 11.2 Å². The van der Waals surface area contributed by atoms with Gasteiger partial charge in [-0.05, 0) is 24.6 Å². The van der Waals surface area contributed by atoms with Crippen LogP contribution < -0.4 is 5.32 Å². The second kappa shape index (κ2) is 4.53. The van der Waals surface area contributed by atoms with Crippen LogP contribution in [0.2, 0.25) is 0 Å². The third-order valence-electron chi connectivity index (χ3n) is 2.92. The maximum Gasteiger partial charge on any atom is 0.255 e. The Bertz CT molecular complexity index is 748. The third-order valence-corrected chi connectivity index (χ3v) is 2.92. The number of nitrogens with one attached hydrogen (secondary N) is 2. The van der Waals surface area contributed by atoms with Crippen molar-refractivity contribution < 1.29 is 4.79 Å². The van der Waals surface area contributed by atoms with E-state index >= 15 is 0 Å². The molecule has 0 unspecified atom stereocenters. The van der Waals surface area contributed by atoms with Gasteiger partial charge < -0.3 is 10.3 Å². The first kappa shape index (κ1) is 11.4. The first-order valence-corrected chi connectivity index (χ1v) is 5.90. The summed E-state index contributed by atoms with van der Waals surface area (Å²) in [5, 5.41) is 2.83. The minimum Gasteiger partial charge on any atom is -0.343 e. The van der Waals surface area contributed by atoms with Crippen molar-refractivity contribution in [3.8, 4) is 0 Å². The largest absolute Gasteiger partial charge is 0.343 e. The molecule has 0 saturated carbocycles. The quantitative estimate of drug-likeness (QED) is 0.736. The second-order valence-corrected chi connectivity index (χ2v) is 4.27. The highest BCUT2D eigenvalue weighted by Gasteiger charge is 2.09. The normalized spacial score (nSPS) is 10.6. The molecule has 3 aromatic rings. The van der Waals surface area contributed by atoms with Gasteiger partial charge in [0.25, 0.3) is 5.91 Å². The molecular formula is C14H12N4O. The number of hydrogen-bond acceptors (Lipinski definition) is 3. The Morgan fingerprint density at radius 3 is 2.95 bits per heavy atom. The van der Waals surface area contributed by atoms with Gasteiger partial charge in [0.05, 0.1) is 23.7 Å². The maximum atomic E-state index is 12.1. The number of pyridine rings is 1. The molecule has 0 aliphatic carbocycles. The van der Waals surface area contributed by atoms with Crippen molar-refractivity contribution in [2.45, 2.75) is 6.92 Å². The molecule has 0 aliphatic rings. The van der Waals surface area contributed by atoms with Crippen LogP contribution in [0.15, 0.2) is 42.9 Å². The van der Waals surface area contributed by atoms with E-state index in [4.69, 9.17) is 0 Å². The summed E-state index contributed by atoms with van der Waals surface area (Å²) in [6, 6.07) is 9.27. The number of carbonyl (C=O) groups excluding carboxylic acids is 1. The van der Waals surface area contributed by atoms with E-state index in [0.29, 0.717) is 16.9 Å². The topological polar surface area (TPSA) is 70.7 Å². The Morgan fingerprint density at radius 2 is 2.11 bits per heavy atom. The summed E-state index contributed by atoms with van der Waals surface area (Å²) in [5.74, 6) is -0.140. The smallest absolute Gasteiger partial charge is 0.255 e. The molecule has 1 aromatic carbocycles. The van der Waals surface area contributed by atoms with E-state index in [1.165, 1.54) is 0 Å². The van der Waals surface area contributed by atoms with Gasteiger partial charge in [-0.2, -0.15) is 0 Å². The van der Waals surface area contributed by atoms with Crippen LogP contribution in [0.5, 0.6) is 0 Å². The van der Waals surface area contributed by atoms with Crippen molar-refractivity contribution in [3.05, 3.63) is 54.0 Å². The van der Waals surface area contributed by atoms with Crippen LogP contribution in [0.1, 0.15) is 15.9 Å². The van der Waals surface area contributed by atoms with Crippen molar-refractivity contribution in [2.75, 3.05) is 5.32 Å². The molecule has 2 N–H and O–H groups in total. The standard InChI is InChI=1S/C14H12N4O/c1-9-4-2-3-5-11(9)14(19)18-10-6-12-13(15-7-10)17-8-16-12/h2-8H,1H3,(H,18,19)(H,15,16,17). The molecule has 5 heteroatoms. The molecule has 2 aromatic heterocycles. The molecule has 0 spiro atoms. The molecule has 2 heterocycles. The number of H-pyrrole nitrogens is 1. The lowest BCUT2D eigenvalue weighted by atomic mass is 10.1. The summed E-state index contributed by atoms with van der Waals surface area (Å²) in [4.78, 5) is 23.3. The van der Waals surface area contributed by atoms with Gasteiger partial charge in [0.2, 0.25) is 0 Å². The van der Waals surface area contributed by atoms with Crippen LogP contribution in [0, 0.1) is 6.92 Å². The van der Waals surface area contributed by atoms with E-state index in [2.05, 4.69) is 20.3 Å². The molecule has 5 nitrogen and oxygen atoms in total. The number of fused-ring (bicyclic) bond motifs is 1. The number of aromatic nitrogens is 3. The van der Waals surface area contributed by atoms with Gasteiger partial charge in [-0.15, -0.1) is 0 Å². The van der Waals surface area contributed by atoms with Crippen LogP contribution in [0.4, 0.5) is 5.69 Å². The van der Waals surface area contributed by atoms with Crippen LogP contribution in [-0.4, -0.2) is 20.9 Å². The zero-order chi connectivity index (χ0) is 13.2. The zero-order valence-corrected chi connectivity index (χ0v) is 10.3. The van der Waals surface area contributed by atoms with Crippen molar-refractivity contribution in [2.24, 2.45) is 0 Å². The number of imidazole rings is 1. The first-order chi connectivity index (χ1) is 9.24. The summed E-state index contributed by atoms with van der Waals surface area (Å²) >= 11 is 0. The monoisotopic (exact) mass is 252 g/mol. The number of benzene rings is 1. The Labute approximate surface area is 109 Å². The summed E-state index contributed by atoms with van der Waals surface area (Å²) in [6.45, 7) is 1.91. The van der Waals surface area contributed by atoms with Gasteiger partial charge in [0, 0.05) is 5.56 Å². The fraction of sp³-hybridized carbons (Fsp3) is 0.0714. The minimum atomic E-state index is -0.140. The van der Waals surface area contributed by atoms with Crippen LogP contribution >= 0.6 is 0 Å². The fourth-order valence-corrected chi connectivity index (χ4v) is 1.92. The lowest BCUT2D eigenvalue weighted by Gasteiger charge is -2.07. The lowest BCUT2D eigenvalue weighted by molar-refractivity contribution is 0.102. The average molecular weight is 252 g/mol. The van der Waals surface area contributed by atoms with E-state index in [-0.39, 0.29) is 5.91 Å². The highest BCUT2D eigenvalue weighted by atomic mass is 16.1. The highest BCUT2D eigenvalue weighted by molar-refractivity contribution is 6.05. The van der Waals surface area contributed by atoms with Crippen LogP contribution in [-0.2, 0) is 0 Å². The molecule has 94 valence electrons. The molecule has 0 fully saturated rings. The number of hydrogen-bond donors (Lipinski definition) is 2. The predicted octanol–water partition coefficient (Wildman–Crippen LogP) is 2.52. The Kier molecular flexibility index (Phi) is 2.72. The fourth-order valence-electron chi connectivity index (χ4n) is 1.92. The second-order valence-electron chi connectivity index (χ2n) is 4.27. The molecule has 0 bridgehead atoms. The number of amides is 1. The van der Waals surface area contributed by atoms with Crippen molar-refractivity contribution >= 4 is 22.8 Å². The number of aryl methyl sites for hydroxylation is 1. The number of rotatable bonds is 2. The Morgan fingerprint density at radius 1 is 1.26 bits per heavy atom. The van der Waals surface area contributed by atoms with Gasteiger partial charge in [0.1, 0.15) is 0 Å². The van der Waals surface area contributed by atoms with E-state index in [1.807, 2.05) is 31.2 Å². The number of carbonyl (C=O) groups is 1. The van der Waals surface area contributed by atoms with Crippen molar-refractivity contribution in [1.29, 1.82) is 0 Å². The van der Waals surface area contributed by atoms with E-state index in [9.17, 15) is 4.79 Å². The van der Waals surface area contributed by atoms with Gasteiger partial charge >= 0.3 is 0 Å². The maximum absolute atomic E-state index is 12.1. The Hall–Kier alpha value is -2.69. The van der Waals surface area contributed by atoms with Gasteiger partial charge in [-0.25, -0.2) is 9.97 Å². The zero-order valence-electron chi connectivity index (χ0n) is 10.3. The molecule has 0 atom stereocenters. The molecular weight excluding hydrogens is 240 g/mol. The number of anilines is 1. The molecule has 0 radical (unpaired) electrons. The van der Waals surface area contributed by atoms with Gasteiger partial charge in [-0.1, -0.05) is 18.2 Å². The molecule has 0 saturated heterocycles.